The molecule has 4 heteroatoms. The molecule has 0 saturated carbocycles. The summed E-state index contributed by atoms with van der Waals surface area (Å²) >= 11 is 0. The smallest absolute Gasteiger partial charge is 0.389 e. The summed E-state index contributed by atoms with van der Waals surface area (Å²) in [7, 11) is 0. The van der Waals surface area contributed by atoms with Gasteiger partial charge in [-0.3, -0.25) is 0 Å². The summed E-state index contributed by atoms with van der Waals surface area (Å²) in [6.07, 6.45) is -5.06. The van der Waals surface area contributed by atoms with Crippen LogP contribution in [0.4, 0.5) is 13.2 Å². The first kappa shape index (κ1) is 11.0. The molecule has 0 heterocycles. The molecule has 0 amide bonds. The van der Waals surface area contributed by atoms with Crippen molar-refractivity contribution < 1.29 is 18.3 Å². The van der Waals surface area contributed by atoms with Crippen LogP contribution in [0.25, 0.3) is 0 Å². The molecule has 1 rings (SSSR count). The Morgan fingerprint density at radius 3 is 2.21 bits per heavy atom. The number of hydrogen-bond donors (Lipinski definition) is 1. The van der Waals surface area contributed by atoms with Crippen LogP contribution in [0.3, 0.4) is 0 Å². The van der Waals surface area contributed by atoms with Crippen molar-refractivity contribution in [2.45, 2.75) is 26.1 Å². The van der Waals surface area contributed by atoms with Crippen molar-refractivity contribution in [3.05, 3.63) is 34.9 Å². The van der Waals surface area contributed by atoms with Gasteiger partial charge in [0.05, 0.1) is 11.7 Å². The van der Waals surface area contributed by atoms with Gasteiger partial charge in [0.1, 0.15) is 0 Å². The summed E-state index contributed by atoms with van der Waals surface area (Å²) in [5.74, 6) is 0. The van der Waals surface area contributed by atoms with E-state index in [9.17, 15) is 18.3 Å². The van der Waals surface area contributed by atoms with Crippen LogP contribution < -0.4 is 0 Å². The van der Waals surface area contributed by atoms with E-state index in [0.717, 1.165) is 12.1 Å². The van der Waals surface area contributed by atoms with Gasteiger partial charge in [-0.05, 0) is 37.1 Å². The number of alkyl halides is 3. The molecule has 0 bridgehead atoms. The minimum atomic E-state index is -4.32. The number of aryl methyl sites for hydroxylation is 1. The molecule has 14 heavy (non-hydrogen) atoms. The second-order valence-corrected chi connectivity index (χ2v) is 3.25. The Morgan fingerprint density at radius 1 is 1.29 bits per heavy atom. The van der Waals surface area contributed by atoms with Gasteiger partial charge in [-0.15, -0.1) is 0 Å². The predicted molar refractivity (Wildman–Crippen MR) is 46.8 cm³/mol. The summed E-state index contributed by atoms with van der Waals surface area (Å²) in [5.41, 5.74) is 0.298. The quantitative estimate of drug-likeness (QED) is 0.745. The average Bonchev–Trinajstić information content (AvgIpc) is 2.01. The van der Waals surface area contributed by atoms with Crippen LogP contribution in [0.1, 0.15) is 29.7 Å². The molecule has 1 atom stereocenters. The number of halogens is 3. The van der Waals surface area contributed by atoms with E-state index in [-0.39, 0.29) is 0 Å². The molecular formula is C10H11F3O. The Morgan fingerprint density at radius 2 is 1.86 bits per heavy atom. The molecule has 1 nitrogen and oxygen atoms in total. The zero-order chi connectivity index (χ0) is 10.9. The van der Waals surface area contributed by atoms with Crippen molar-refractivity contribution in [1.29, 1.82) is 0 Å². The highest BCUT2D eigenvalue weighted by molar-refractivity contribution is 5.33. The molecule has 0 aliphatic carbocycles. The SMILES string of the molecule is Cc1cc(C(F)(F)F)ccc1C(C)O. The standard InChI is InChI=1S/C10H11F3O/c1-6-5-8(10(11,12)13)3-4-9(6)7(2)14/h3-5,7,14H,1-2H3. The monoisotopic (exact) mass is 204 g/mol. The van der Waals surface area contributed by atoms with Crippen LogP contribution in [-0.4, -0.2) is 5.11 Å². The van der Waals surface area contributed by atoms with E-state index in [1.807, 2.05) is 0 Å². The molecule has 0 radical (unpaired) electrons. The summed E-state index contributed by atoms with van der Waals surface area (Å²) in [5, 5.41) is 9.22. The van der Waals surface area contributed by atoms with Gasteiger partial charge in [-0.2, -0.15) is 13.2 Å². The third-order valence-corrected chi connectivity index (χ3v) is 2.05. The summed E-state index contributed by atoms with van der Waals surface area (Å²) in [4.78, 5) is 0. The van der Waals surface area contributed by atoms with Gasteiger partial charge in [-0.25, -0.2) is 0 Å². The third kappa shape index (κ3) is 2.26. The molecule has 0 aliphatic heterocycles. The number of aliphatic hydroxyl groups excluding tert-OH is 1. The van der Waals surface area contributed by atoms with E-state index < -0.39 is 17.8 Å². The van der Waals surface area contributed by atoms with Gasteiger partial charge in [0.25, 0.3) is 0 Å². The fourth-order valence-electron chi connectivity index (χ4n) is 1.32. The normalized spacial score (nSPS) is 14.1. The van der Waals surface area contributed by atoms with Crippen molar-refractivity contribution in [3.8, 4) is 0 Å². The zero-order valence-corrected chi connectivity index (χ0v) is 7.89. The fourth-order valence-corrected chi connectivity index (χ4v) is 1.32. The lowest BCUT2D eigenvalue weighted by Crippen LogP contribution is -2.06. The van der Waals surface area contributed by atoms with Gasteiger partial charge in [0.15, 0.2) is 0 Å². The predicted octanol–water partition coefficient (Wildman–Crippen LogP) is 3.07. The molecule has 1 N–H and O–H groups in total. The van der Waals surface area contributed by atoms with Crippen LogP contribution in [0.2, 0.25) is 0 Å². The molecule has 0 spiro atoms. The maximum absolute atomic E-state index is 12.2. The average molecular weight is 204 g/mol. The second-order valence-electron chi connectivity index (χ2n) is 3.25. The summed E-state index contributed by atoms with van der Waals surface area (Å²) in [6, 6.07) is 3.33. The van der Waals surface area contributed by atoms with E-state index in [4.69, 9.17) is 0 Å². The highest BCUT2D eigenvalue weighted by Crippen LogP contribution is 2.31. The van der Waals surface area contributed by atoms with Gasteiger partial charge >= 0.3 is 6.18 Å². The van der Waals surface area contributed by atoms with E-state index in [1.165, 1.54) is 13.0 Å². The number of hydrogen-bond acceptors (Lipinski definition) is 1. The number of aliphatic hydroxyl groups is 1. The molecule has 0 aromatic heterocycles. The largest absolute Gasteiger partial charge is 0.416 e. The zero-order valence-electron chi connectivity index (χ0n) is 7.89. The lowest BCUT2D eigenvalue weighted by Gasteiger charge is -2.12. The first-order valence-corrected chi connectivity index (χ1v) is 4.18. The van der Waals surface area contributed by atoms with Gasteiger partial charge in [0.2, 0.25) is 0 Å². The van der Waals surface area contributed by atoms with E-state index in [0.29, 0.717) is 11.1 Å². The molecular weight excluding hydrogens is 193 g/mol. The van der Waals surface area contributed by atoms with Crippen molar-refractivity contribution >= 4 is 0 Å². The topological polar surface area (TPSA) is 20.2 Å². The minimum Gasteiger partial charge on any atom is -0.389 e. The van der Waals surface area contributed by atoms with Crippen LogP contribution >= 0.6 is 0 Å². The summed E-state index contributed by atoms with van der Waals surface area (Å²) < 4.78 is 36.7. The van der Waals surface area contributed by atoms with Gasteiger partial charge < -0.3 is 5.11 Å². The molecule has 1 aromatic rings. The molecule has 0 aliphatic rings. The van der Waals surface area contributed by atoms with Crippen LogP contribution in [-0.2, 0) is 6.18 Å². The molecule has 78 valence electrons. The Bertz CT molecular complexity index is 329. The lowest BCUT2D eigenvalue weighted by atomic mass is 10.0. The minimum absolute atomic E-state index is 0.454. The summed E-state index contributed by atoms with van der Waals surface area (Å²) in [6.45, 7) is 3.08. The maximum Gasteiger partial charge on any atom is 0.416 e. The fraction of sp³-hybridized carbons (Fsp3) is 0.400. The van der Waals surface area contributed by atoms with Crippen molar-refractivity contribution in [3.63, 3.8) is 0 Å². The van der Waals surface area contributed by atoms with E-state index >= 15 is 0 Å². The van der Waals surface area contributed by atoms with Gasteiger partial charge in [0, 0.05) is 0 Å². The highest BCUT2D eigenvalue weighted by Gasteiger charge is 2.30. The Labute approximate surface area is 80.2 Å². The molecule has 0 saturated heterocycles. The first-order chi connectivity index (χ1) is 6.32. The maximum atomic E-state index is 12.2. The van der Waals surface area contributed by atoms with E-state index in [2.05, 4.69) is 0 Å². The van der Waals surface area contributed by atoms with Crippen molar-refractivity contribution in [2.24, 2.45) is 0 Å². The van der Waals surface area contributed by atoms with Crippen LogP contribution in [0.5, 0.6) is 0 Å². The highest BCUT2D eigenvalue weighted by atomic mass is 19.4. The van der Waals surface area contributed by atoms with Crippen molar-refractivity contribution in [2.75, 3.05) is 0 Å². The Hall–Kier alpha value is -1.03. The third-order valence-electron chi connectivity index (χ3n) is 2.05. The van der Waals surface area contributed by atoms with Crippen molar-refractivity contribution in [1.82, 2.24) is 0 Å². The Kier molecular flexibility index (Phi) is 2.85. The van der Waals surface area contributed by atoms with Gasteiger partial charge in [-0.1, -0.05) is 6.07 Å². The number of benzene rings is 1. The molecule has 0 fully saturated rings. The number of rotatable bonds is 1. The van der Waals surface area contributed by atoms with Crippen LogP contribution in [0, 0.1) is 6.92 Å². The first-order valence-electron chi connectivity index (χ1n) is 4.18. The molecule has 1 aromatic carbocycles. The lowest BCUT2D eigenvalue weighted by molar-refractivity contribution is -0.137. The molecule has 1 unspecified atom stereocenters. The van der Waals surface area contributed by atoms with E-state index in [1.54, 1.807) is 6.92 Å². The van der Waals surface area contributed by atoms with Crippen LogP contribution in [0.15, 0.2) is 18.2 Å². The second kappa shape index (κ2) is 3.61. The Balaban J connectivity index is 3.13.